The molecule has 1 aromatic carbocycles. The second-order valence-electron chi connectivity index (χ2n) is 5.23. The number of carbonyl (C=O) groups is 1. The number of halogens is 2. The van der Waals surface area contributed by atoms with Crippen LogP contribution in [-0.4, -0.2) is 24.0 Å². The van der Waals surface area contributed by atoms with Crippen LogP contribution >= 0.6 is 24.8 Å². The third kappa shape index (κ3) is 4.85. The second-order valence-corrected chi connectivity index (χ2v) is 5.23. The van der Waals surface area contributed by atoms with Crippen LogP contribution in [0.5, 0.6) is 0 Å². The first-order valence-electron chi connectivity index (χ1n) is 7.37. The Labute approximate surface area is 148 Å². The van der Waals surface area contributed by atoms with Crippen LogP contribution in [0.15, 0.2) is 42.7 Å². The number of amides is 1. The summed E-state index contributed by atoms with van der Waals surface area (Å²) in [6, 6.07) is 9.82. The van der Waals surface area contributed by atoms with Gasteiger partial charge in [-0.15, -0.1) is 24.8 Å². The van der Waals surface area contributed by atoms with E-state index in [-0.39, 0.29) is 30.7 Å². The van der Waals surface area contributed by atoms with E-state index < -0.39 is 0 Å². The first kappa shape index (κ1) is 19.3. The van der Waals surface area contributed by atoms with E-state index in [0.717, 1.165) is 48.2 Å². The van der Waals surface area contributed by atoms with Crippen molar-refractivity contribution in [2.45, 2.75) is 19.3 Å². The lowest BCUT2D eigenvalue weighted by molar-refractivity contribution is 0.0953. The van der Waals surface area contributed by atoms with E-state index in [1.165, 1.54) is 0 Å². The highest BCUT2D eigenvalue weighted by atomic mass is 35.5. The molecule has 2 heterocycles. The predicted molar refractivity (Wildman–Crippen MR) is 98.0 cm³/mol. The average Bonchev–Trinajstić information content (AvgIpc) is 2.55. The van der Waals surface area contributed by atoms with Crippen molar-refractivity contribution in [3.05, 3.63) is 59.4 Å². The van der Waals surface area contributed by atoms with E-state index in [4.69, 9.17) is 0 Å². The molecule has 0 aliphatic carbocycles. The first-order valence-corrected chi connectivity index (χ1v) is 7.37. The van der Waals surface area contributed by atoms with Crippen molar-refractivity contribution in [2.24, 2.45) is 0 Å². The van der Waals surface area contributed by atoms with E-state index in [0.29, 0.717) is 6.54 Å². The molecule has 0 atom stereocenters. The molecule has 0 saturated heterocycles. The highest BCUT2D eigenvalue weighted by molar-refractivity contribution is 5.97. The zero-order valence-corrected chi connectivity index (χ0v) is 14.4. The summed E-state index contributed by atoms with van der Waals surface area (Å²) >= 11 is 0. The van der Waals surface area contributed by atoms with Crippen molar-refractivity contribution in [3.63, 3.8) is 0 Å². The largest absolute Gasteiger partial charge is 0.385 e. The fraction of sp³-hybridized carbons (Fsp3) is 0.294. The summed E-state index contributed by atoms with van der Waals surface area (Å²) in [7, 11) is 0. The SMILES string of the molecule is Cl.Cl.O=C(NCCc1cccnc1)c1cccc2c1CCCN2. The summed E-state index contributed by atoms with van der Waals surface area (Å²) in [6.45, 7) is 1.61. The molecule has 0 unspecified atom stereocenters. The van der Waals surface area contributed by atoms with E-state index in [2.05, 4.69) is 15.6 Å². The minimum atomic E-state index is 0. The molecule has 2 aromatic rings. The normalized spacial score (nSPS) is 12.0. The summed E-state index contributed by atoms with van der Waals surface area (Å²) < 4.78 is 0. The molecule has 4 nitrogen and oxygen atoms in total. The topological polar surface area (TPSA) is 54.0 Å². The van der Waals surface area contributed by atoms with Crippen LogP contribution in [0.1, 0.15) is 27.9 Å². The highest BCUT2D eigenvalue weighted by Gasteiger charge is 2.16. The van der Waals surface area contributed by atoms with Crippen LogP contribution in [0.25, 0.3) is 0 Å². The summed E-state index contributed by atoms with van der Waals surface area (Å²) in [5.74, 6) is 0.0134. The number of hydrogen-bond acceptors (Lipinski definition) is 3. The maximum Gasteiger partial charge on any atom is 0.251 e. The number of anilines is 1. The van der Waals surface area contributed by atoms with Gasteiger partial charge in [0.05, 0.1) is 0 Å². The van der Waals surface area contributed by atoms with Crippen LogP contribution in [-0.2, 0) is 12.8 Å². The number of hydrogen-bond donors (Lipinski definition) is 2. The van der Waals surface area contributed by atoms with Gasteiger partial charge in [-0.05, 0) is 48.6 Å². The van der Waals surface area contributed by atoms with Crippen LogP contribution < -0.4 is 10.6 Å². The molecule has 0 bridgehead atoms. The number of rotatable bonds is 4. The monoisotopic (exact) mass is 353 g/mol. The van der Waals surface area contributed by atoms with Crippen molar-refractivity contribution in [3.8, 4) is 0 Å². The molecule has 1 aromatic heterocycles. The van der Waals surface area contributed by atoms with Crippen LogP contribution in [0.3, 0.4) is 0 Å². The smallest absolute Gasteiger partial charge is 0.251 e. The Kier molecular flexibility index (Phi) is 7.86. The third-order valence-corrected chi connectivity index (χ3v) is 3.76. The third-order valence-electron chi connectivity index (χ3n) is 3.76. The molecule has 0 radical (unpaired) electrons. The average molecular weight is 354 g/mol. The van der Waals surface area contributed by atoms with Crippen molar-refractivity contribution >= 4 is 36.4 Å². The predicted octanol–water partition coefficient (Wildman–Crippen LogP) is 3.26. The number of aromatic nitrogens is 1. The fourth-order valence-electron chi connectivity index (χ4n) is 2.68. The van der Waals surface area contributed by atoms with Gasteiger partial charge in [-0.25, -0.2) is 0 Å². The maximum absolute atomic E-state index is 12.4. The lowest BCUT2D eigenvalue weighted by Gasteiger charge is -2.20. The van der Waals surface area contributed by atoms with Crippen molar-refractivity contribution < 1.29 is 4.79 Å². The molecule has 0 fully saturated rings. The zero-order valence-electron chi connectivity index (χ0n) is 12.7. The quantitative estimate of drug-likeness (QED) is 0.886. The van der Waals surface area contributed by atoms with Gasteiger partial charge in [-0.1, -0.05) is 12.1 Å². The molecule has 0 spiro atoms. The minimum Gasteiger partial charge on any atom is -0.385 e. The van der Waals surface area contributed by atoms with Crippen LogP contribution in [0.4, 0.5) is 5.69 Å². The van der Waals surface area contributed by atoms with Gasteiger partial charge in [-0.3, -0.25) is 9.78 Å². The molecular weight excluding hydrogens is 333 g/mol. The van der Waals surface area contributed by atoms with Gasteiger partial charge in [0, 0.05) is 36.7 Å². The Bertz CT molecular complexity index is 635. The summed E-state index contributed by atoms with van der Waals surface area (Å²) in [5.41, 5.74) is 4.17. The molecule has 1 aliphatic rings. The summed E-state index contributed by atoms with van der Waals surface area (Å²) in [5, 5.41) is 6.35. The Hall–Kier alpha value is -1.78. The Balaban J connectivity index is 0.00000132. The van der Waals surface area contributed by atoms with Gasteiger partial charge in [0.25, 0.3) is 5.91 Å². The first-order chi connectivity index (χ1) is 10.3. The zero-order chi connectivity index (χ0) is 14.5. The van der Waals surface area contributed by atoms with Crippen LogP contribution in [0.2, 0.25) is 0 Å². The number of nitrogens with zero attached hydrogens (tertiary/aromatic N) is 1. The number of fused-ring (bicyclic) bond motifs is 1. The Morgan fingerprint density at radius 2 is 2.09 bits per heavy atom. The number of carbonyl (C=O) groups excluding carboxylic acids is 1. The van der Waals surface area contributed by atoms with Crippen LogP contribution in [0, 0.1) is 0 Å². The van der Waals surface area contributed by atoms with Gasteiger partial charge in [-0.2, -0.15) is 0 Å². The molecule has 124 valence electrons. The van der Waals surface area contributed by atoms with Crippen molar-refractivity contribution in [1.29, 1.82) is 0 Å². The molecule has 0 saturated carbocycles. The van der Waals surface area contributed by atoms with Crippen molar-refractivity contribution in [2.75, 3.05) is 18.4 Å². The Morgan fingerprint density at radius 3 is 2.87 bits per heavy atom. The summed E-state index contributed by atoms with van der Waals surface area (Å²) in [6.07, 6.45) is 6.43. The number of nitrogens with one attached hydrogen (secondary N) is 2. The molecule has 23 heavy (non-hydrogen) atoms. The second kappa shape index (κ2) is 9.38. The van der Waals surface area contributed by atoms with Gasteiger partial charge >= 0.3 is 0 Å². The van der Waals surface area contributed by atoms with Gasteiger partial charge < -0.3 is 10.6 Å². The van der Waals surface area contributed by atoms with Gasteiger partial charge in [0.15, 0.2) is 0 Å². The van der Waals surface area contributed by atoms with Gasteiger partial charge in [0.1, 0.15) is 0 Å². The lowest BCUT2D eigenvalue weighted by Crippen LogP contribution is -2.27. The molecule has 6 heteroatoms. The van der Waals surface area contributed by atoms with E-state index in [9.17, 15) is 4.79 Å². The van der Waals surface area contributed by atoms with E-state index in [1.54, 1.807) is 6.20 Å². The molecule has 1 aliphatic heterocycles. The maximum atomic E-state index is 12.4. The molecular formula is C17H21Cl2N3O. The lowest BCUT2D eigenvalue weighted by atomic mass is 9.97. The van der Waals surface area contributed by atoms with Gasteiger partial charge in [0.2, 0.25) is 0 Å². The Morgan fingerprint density at radius 1 is 1.22 bits per heavy atom. The number of pyridine rings is 1. The molecule has 2 N–H and O–H groups in total. The minimum absolute atomic E-state index is 0. The van der Waals surface area contributed by atoms with E-state index in [1.807, 2.05) is 36.5 Å². The fourth-order valence-corrected chi connectivity index (χ4v) is 2.68. The summed E-state index contributed by atoms with van der Waals surface area (Å²) in [4.78, 5) is 16.4. The highest BCUT2D eigenvalue weighted by Crippen LogP contribution is 2.25. The molecule has 3 rings (SSSR count). The van der Waals surface area contributed by atoms with E-state index >= 15 is 0 Å². The molecule has 1 amide bonds. The number of benzene rings is 1. The standard InChI is InChI=1S/C17H19N3O.2ClH/c21-17(20-11-8-13-4-2-9-18-12-13)15-5-1-7-16-14(15)6-3-10-19-16;;/h1-2,4-5,7,9,12,19H,3,6,8,10-11H2,(H,20,21);2*1H. The van der Waals surface area contributed by atoms with Crippen molar-refractivity contribution in [1.82, 2.24) is 10.3 Å².